The van der Waals surface area contributed by atoms with Crippen LogP contribution in [0.4, 0.5) is 4.79 Å². The van der Waals surface area contributed by atoms with E-state index in [0.717, 1.165) is 0 Å². The number of ether oxygens (including phenoxy) is 3. The van der Waals surface area contributed by atoms with E-state index in [0.29, 0.717) is 0 Å². The van der Waals surface area contributed by atoms with Crippen molar-refractivity contribution in [2.45, 2.75) is 46.5 Å². The molecule has 1 heterocycles. The predicted molar refractivity (Wildman–Crippen MR) is 69.8 cm³/mol. The Kier molecular flexibility index (Phi) is 4.21. The first-order valence-corrected chi connectivity index (χ1v) is 6.21. The topological polar surface area (TPSA) is 125 Å². The summed E-state index contributed by atoms with van der Waals surface area (Å²) < 4.78 is 14.5. The SMILES string of the molecule is CC1(C)OC(=O)C(=C(O)[C@H](OC(N)=O)C(C)(C)C)C(=O)O1. The molecule has 0 unspecified atom stereocenters. The summed E-state index contributed by atoms with van der Waals surface area (Å²) in [7, 11) is 0. The quantitative estimate of drug-likeness (QED) is 0.339. The standard InChI is InChI=1S/C13H19NO7/c1-12(2,3)8(19-11(14)18)7(15)6-9(16)20-13(4,5)21-10(6)17/h8,15H,1-5H3,(H2,14,18)/t8-/m0/s1. The van der Waals surface area contributed by atoms with Crippen molar-refractivity contribution in [1.29, 1.82) is 0 Å². The number of hydrogen-bond acceptors (Lipinski definition) is 7. The summed E-state index contributed by atoms with van der Waals surface area (Å²) in [6.45, 7) is 7.62. The molecule has 3 N–H and O–H groups in total. The lowest BCUT2D eigenvalue weighted by Crippen LogP contribution is -2.44. The molecule has 0 spiro atoms. The normalized spacial score (nSPS) is 19.4. The number of primary amides is 1. The lowest BCUT2D eigenvalue weighted by atomic mass is 9.86. The van der Waals surface area contributed by atoms with Crippen LogP contribution in [-0.2, 0) is 23.8 Å². The van der Waals surface area contributed by atoms with Crippen molar-refractivity contribution in [3.8, 4) is 0 Å². The first-order valence-electron chi connectivity index (χ1n) is 6.21. The van der Waals surface area contributed by atoms with E-state index >= 15 is 0 Å². The largest absolute Gasteiger partial charge is 0.507 e. The summed E-state index contributed by atoms with van der Waals surface area (Å²) in [5, 5.41) is 10.2. The molecule has 1 amide bonds. The number of cyclic esters (lactones) is 2. The highest BCUT2D eigenvalue weighted by molar-refractivity contribution is 6.15. The van der Waals surface area contributed by atoms with E-state index in [4.69, 9.17) is 19.9 Å². The van der Waals surface area contributed by atoms with Crippen molar-refractivity contribution in [3.63, 3.8) is 0 Å². The minimum absolute atomic E-state index is 0.713. The molecule has 1 aliphatic heterocycles. The van der Waals surface area contributed by atoms with Gasteiger partial charge >= 0.3 is 18.0 Å². The molecule has 118 valence electrons. The Morgan fingerprint density at radius 2 is 1.67 bits per heavy atom. The number of esters is 2. The molecular formula is C13H19NO7. The Balaban J connectivity index is 3.28. The highest BCUT2D eigenvalue weighted by Crippen LogP contribution is 2.32. The van der Waals surface area contributed by atoms with Crippen LogP contribution >= 0.6 is 0 Å². The van der Waals surface area contributed by atoms with E-state index in [2.05, 4.69) is 0 Å². The van der Waals surface area contributed by atoms with Gasteiger partial charge in [-0.3, -0.25) is 0 Å². The molecule has 0 saturated carbocycles. The summed E-state index contributed by atoms with van der Waals surface area (Å²) in [6, 6.07) is 0. The number of aliphatic hydroxyl groups excluding tert-OH is 1. The van der Waals surface area contributed by atoms with Crippen LogP contribution in [-0.4, -0.2) is 35.0 Å². The zero-order valence-corrected chi connectivity index (χ0v) is 12.6. The van der Waals surface area contributed by atoms with Gasteiger partial charge in [-0.05, 0) is 0 Å². The number of rotatable bonds is 2. The first kappa shape index (κ1) is 16.8. The summed E-state index contributed by atoms with van der Waals surface area (Å²) in [5.41, 5.74) is 3.41. The van der Waals surface area contributed by atoms with Gasteiger partial charge in [0, 0.05) is 19.3 Å². The third-order valence-electron chi connectivity index (χ3n) is 2.61. The predicted octanol–water partition coefficient (Wildman–Crippen LogP) is 1.14. The molecule has 1 saturated heterocycles. The molecule has 0 aromatic rings. The Morgan fingerprint density at radius 1 is 1.24 bits per heavy atom. The number of carbonyl (C=O) groups excluding carboxylic acids is 3. The van der Waals surface area contributed by atoms with E-state index in [1.54, 1.807) is 20.8 Å². The zero-order valence-electron chi connectivity index (χ0n) is 12.6. The minimum atomic E-state index is -1.43. The molecule has 0 bridgehead atoms. The lowest BCUT2D eigenvalue weighted by Gasteiger charge is -2.33. The Bertz CT molecular complexity index is 491. The van der Waals surface area contributed by atoms with Crippen LogP contribution in [0, 0.1) is 5.41 Å². The van der Waals surface area contributed by atoms with Crippen molar-refractivity contribution in [2.24, 2.45) is 11.1 Å². The maximum atomic E-state index is 11.9. The van der Waals surface area contributed by atoms with Crippen LogP contribution in [0.5, 0.6) is 0 Å². The summed E-state index contributed by atoms with van der Waals surface area (Å²) in [6.07, 6.45) is -2.45. The monoisotopic (exact) mass is 301 g/mol. The van der Waals surface area contributed by atoms with Crippen molar-refractivity contribution in [3.05, 3.63) is 11.3 Å². The van der Waals surface area contributed by atoms with Gasteiger partial charge in [0.25, 0.3) is 5.79 Å². The van der Waals surface area contributed by atoms with Gasteiger partial charge in [-0.25, -0.2) is 14.4 Å². The van der Waals surface area contributed by atoms with Crippen LogP contribution in [0.25, 0.3) is 0 Å². The molecule has 1 rings (SSSR count). The molecule has 0 aliphatic carbocycles. The molecule has 8 nitrogen and oxygen atoms in total. The summed E-state index contributed by atoms with van der Waals surface area (Å²) >= 11 is 0. The smallest absolute Gasteiger partial charge is 0.405 e. The summed E-state index contributed by atoms with van der Waals surface area (Å²) in [5.74, 6) is -4.31. The van der Waals surface area contributed by atoms with E-state index in [1.165, 1.54) is 13.8 Å². The molecule has 0 aromatic carbocycles. The first-order chi connectivity index (χ1) is 9.35. The lowest BCUT2D eigenvalue weighted by molar-refractivity contribution is -0.223. The highest BCUT2D eigenvalue weighted by atomic mass is 16.7. The van der Waals surface area contributed by atoms with E-state index in [9.17, 15) is 19.5 Å². The molecule has 1 fully saturated rings. The van der Waals surface area contributed by atoms with Crippen molar-refractivity contribution in [2.75, 3.05) is 0 Å². The van der Waals surface area contributed by atoms with Crippen LogP contribution < -0.4 is 5.73 Å². The van der Waals surface area contributed by atoms with Crippen LogP contribution in [0.3, 0.4) is 0 Å². The second-order valence-electron chi connectivity index (χ2n) is 6.12. The van der Waals surface area contributed by atoms with E-state index < -0.39 is 46.7 Å². The molecule has 21 heavy (non-hydrogen) atoms. The highest BCUT2D eigenvalue weighted by Gasteiger charge is 2.45. The fourth-order valence-electron chi connectivity index (χ4n) is 1.75. The summed E-state index contributed by atoms with van der Waals surface area (Å²) in [4.78, 5) is 34.7. The maximum absolute atomic E-state index is 11.9. The average molecular weight is 301 g/mol. The maximum Gasteiger partial charge on any atom is 0.405 e. The van der Waals surface area contributed by atoms with E-state index in [-0.39, 0.29) is 0 Å². The van der Waals surface area contributed by atoms with Gasteiger partial charge in [0.2, 0.25) is 0 Å². The second kappa shape index (κ2) is 5.27. The molecule has 1 atom stereocenters. The molecule has 1 aliphatic rings. The van der Waals surface area contributed by atoms with Gasteiger partial charge in [-0.15, -0.1) is 0 Å². The number of amides is 1. The number of aliphatic hydroxyl groups is 1. The Hall–Kier alpha value is -2.25. The number of carbonyl (C=O) groups is 3. The number of hydrogen-bond donors (Lipinski definition) is 2. The second-order valence-corrected chi connectivity index (χ2v) is 6.12. The van der Waals surface area contributed by atoms with Gasteiger partial charge in [-0.2, -0.15) is 0 Å². The fraction of sp³-hybridized carbons (Fsp3) is 0.615. The third-order valence-corrected chi connectivity index (χ3v) is 2.61. The van der Waals surface area contributed by atoms with Gasteiger partial charge in [-0.1, -0.05) is 20.8 Å². The minimum Gasteiger partial charge on any atom is -0.507 e. The average Bonchev–Trinajstić information content (AvgIpc) is 2.20. The fourth-order valence-corrected chi connectivity index (χ4v) is 1.75. The third kappa shape index (κ3) is 3.87. The molecular weight excluding hydrogens is 282 g/mol. The molecule has 0 radical (unpaired) electrons. The van der Waals surface area contributed by atoms with Crippen LogP contribution in [0.15, 0.2) is 11.3 Å². The zero-order chi connectivity index (χ0) is 16.6. The molecule has 8 heteroatoms. The van der Waals surface area contributed by atoms with Gasteiger partial charge in [0.1, 0.15) is 0 Å². The van der Waals surface area contributed by atoms with Crippen molar-refractivity contribution < 1.29 is 33.7 Å². The Morgan fingerprint density at radius 3 is 2.00 bits per heavy atom. The van der Waals surface area contributed by atoms with E-state index in [1.807, 2.05) is 0 Å². The number of nitrogens with two attached hydrogens (primary N) is 1. The van der Waals surface area contributed by atoms with Gasteiger partial charge in [0.15, 0.2) is 17.4 Å². The molecule has 0 aromatic heterocycles. The van der Waals surface area contributed by atoms with Crippen LogP contribution in [0.1, 0.15) is 34.6 Å². The Labute approximate surface area is 121 Å². The van der Waals surface area contributed by atoms with Crippen molar-refractivity contribution in [1.82, 2.24) is 0 Å². The van der Waals surface area contributed by atoms with Gasteiger partial charge < -0.3 is 25.1 Å². The van der Waals surface area contributed by atoms with Crippen molar-refractivity contribution >= 4 is 18.0 Å². The van der Waals surface area contributed by atoms with Gasteiger partial charge in [0.05, 0.1) is 0 Å². The van der Waals surface area contributed by atoms with Crippen LogP contribution in [0.2, 0.25) is 0 Å².